The summed E-state index contributed by atoms with van der Waals surface area (Å²) in [4.78, 5) is 21.0. The Morgan fingerprint density at radius 3 is 2.14 bits per heavy atom. The fourth-order valence-corrected chi connectivity index (χ4v) is 1.18. The van der Waals surface area contributed by atoms with Crippen LogP contribution in [0.15, 0.2) is 18.2 Å². The highest BCUT2D eigenvalue weighted by Gasteiger charge is 2.06. The molecule has 0 aliphatic rings. The summed E-state index contributed by atoms with van der Waals surface area (Å²) in [6.07, 6.45) is 0. The van der Waals surface area contributed by atoms with E-state index in [0.717, 1.165) is 11.1 Å². The molecule has 1 rings (SSSR count). The van der Waals surface area contributed by atoms with E-state index in [1.165, 1.54) is 0 Å². The number of hydrogen-bond donors (Lipinski definition) is 1. The van der Waals surface area contributed by atoms with Crippen molar-refractivity contribution in [1.82, 2.24) is 0 Å². The van der Waals surface area contributed by atoms with E-state index in [4.69, 9.17) is 0 Å². The number of rotatable bonds is 1. The average Bonchev–Trinajstić information content (AvgIpc) is 2.11. The second kappa shape index (κ2) is 3.91. The van der Waals surface area contributed by atoms with Crippen molar-refractivity contribution in [3.63, 3.8) is 0 Å². The van der Waals surface area contributed by atoms with E-state index in [2.05, 4.69) is 5.32 Å². The van der Waals surface area contributed by atoms with Crippen LogP contribution in [0.1, 0.15) is 11.1 Å². The Labute approximate surface area is 81.6 Å². The van der Waals surface area contributed by atoms with Gasteiger partial charge in [0.1, 0.15) is 5.97 Å². The van der Waals surface area contributed by atoms with Crippen molar-refractivity contribution >= 4 is 17.6 Å². The first kappa shape index (κ1) is 10.2. The second-order valence-electron chi connectivity index (χ2n) is 3.01. The molecule has 1 aromatic rings. The molecule has 1 amide bonds. The number of aliphatic carboxylic acids is 1. The minimum atomic E-state index is -1.73. The van der Waals surface area contributed by atoms with Crippen LogP contribution < -0.4 is 10.4 Å². The minimum absolute atomic E-state index is 0.529. The lowest BCUT2D eigenvalue weighted by Gasteiger charge is -2.11. The number of para-hydroxylation sites is 1. The first-order valence-electron chi connectivity index (χ1n) is 4.11. The first-order valence-corrected chi connectivity index (χ1v) is 4.11. The Balaban J connectivity index is 2.97. The van der Waals surface area contributed by atoms with E-state index in [1.807, 2.05) is 6.07 Å². The number of benzene rings is 1. The molecule has 0 unspecified atom stereocenters. The van der Waals surface area contributed by atoms with Crippen molar-refractivity contribution in [2.45, 2.75) is 13.8 Å². The van der Waals surface area contributed by atoms with E-state index in [9.17, 15) is 14.7 Å². The summed E-state index contributed by atoms with van der Waals surface area (Å²) < 4.78 is 0. The number of hydrogen-bond acceptors (Lipinski definition) is 3. The third-order valence-corrected chi connectivity index (χ3v) is 1.91. The van der Waals surface area contributed by atoms with Gasteiger partial charge in [0.05, 0.1) is 0 Å². The SMILES string of the molecule is Cc1cccc(C)c1NC(=O)C(=O)[O-]. The van der Waals surface area contributed by atoms with Gasteiger partial charge in [0, 0.05) is 5.69 Å². The average molecular weight is 192 g/mol. The number of carboxylic acid groups (broad SMARTS) is 1. The molecule has 0 heterocycles. The molecule has 0 saturated carbocycles. The van der Waals surface area contributed by atoms with E-state index < -0.39 is 11.9 Å². The van der Waals surface area contributed by atoms with Crippen LogP contribution in [0.3, 0.4) is 0 Å². The minimum Gasteiger partial charge on any atom is -0.540 e. The summed E-state index contributed by atoms with van der Waals surface area (Å²) in [7, 11) is 0. The van der Waals surface area contributed by atoms with E-state index in [1.54, 1.807) is 26.0 Å². The summed E-state index contributed by atoms with van der Waals surface area (Å²) in [5.41, 5.74) is 2.17. The number of carboxylic acids is 1. The smallest absolute Gasteiger partial charge is 0.271 e. The molecule has 0 aromatic heterocycles. The summed E-state index contributed by atoms with van der Waals surface area (Å²) in [5.74, 6) is -2.85. The highest BCUT2D eigenvalue weighted by atomic mass is 16.4. The number of anilines is 1. The highest BCUT2D eigenvalue weighted by molar-refractivity contribution is 6.35. The topological polar surface area (TPSA) is 69.2 Å². The van der Waals surface area contributed by atoms with Crippen molar-refractivity contribution in [3.05, 3.63) is 29.3 Å². The predicted octanol–water partition coefficient (Wildman–Crippen LogP) is -0.00816. The molecule has 0 atom stereocenters. The summed E-state index contributed by atoms with van der Waals surface area (Å²) in [6, 6.07) is 5.41. The molecule has 0 bridgehead atoms. The van der Waals surface area contributed by atoms with Gasteiger partial charge in [-0.25, -0.2) is 0 Å². The Hall–Kier alpha value is -1.84. The second-order valence-corrected chi connectivity index (χ2v) is 3.01. The van der Waals surface area contributed by atoms with Crippen molar-refractivity contribution in [1.29, 1.82) is 0 Å². The quantitative estimate of drug-likeness (QED) is 0.636. The number of carbonyl (C=O) groups excluding carboxylic acids is 2. The van der Waals surface area contributed by atoms with Crippen LogP contribution in [0.2, 0.25) is 0 Å². The highest BCUT2D eigenvalue weighted by Crippen LogP contribution is 2.18. The molecule has 4 nitrogen and oxygen atoms in total. The lowest BCUT2D eigenvalue weighted by atomic mass is 10.1. The maximum absolute atomic E-state index is 10.8. The number of nitrogens with one attached hydrogen (secondary N) is 1. The van der Waals surface area contributed by atoms with Gasteiger partial charge in [0.15, 0.2) is 0 Å². The molecular formula is C10H10NO3-. The van der Waals surface area contributed by atoms with Gasteiger partial charge in [-0.2, -0.15) is 0 Å². The maximum Gasteiger partial charge on any atom is 0.271 e. The number of carbonyl (C=O) groups is 2. The monoisotopic (exact) mass is 192 g/mol. The third kappa shape index (κ3) is 2.10. The van der Waals surface area contributed by atoms with Gasteiger partial charge in [-0.15, -0.1) is 0 Å². The molecule has 1 N–H and O–H groups in total. The lowest BCUT2D eigenvalue weighted by molar-refractivity contribution is -0.299. The van der Waals surface area contributed by atoms with E-state index in [-0.39, 0.29) is 0 Å². The van der Waals surface area contributed by atoms with Gasteiger partial charge in [0.25, 0.3) is 5.91 Å². The van der Waals surface area contributed by atoms with Crippen LogP contribution in [0.5, 0.6) is 0 Å². The summed E-state index contributed by atoms with van der Waals surface area (Å²) >= 11 is 0. The lowest BCUT2D eigenvalue weighted by Crippen LogP contribution is -2.36. The van der Waals surface area contributed by atoms with Crippen molar-refractivity contribution < 1.29 is 14.7 Å². The van der Waals surface area contributed by atoms with E-state index in [0.29, 0.717) is 5.69 Å². The molecule has 0 saturated heterocycles. The number of amides is 1. The molecule has 74 valence electrons. The van der Waals surface area contributed by atoms with Gasteiger partial charge in [-0.1, -0.05) is 18.2 Å². The molecule has 0 aliphatic carbocycles. The zero-order chi connectivity index (χ0) is 10.7. The molecule has 4 heteroatoms. The Kier molecular flexibility index (Phi) is 2.86. The normalized spacial score (nSPS) is 9.57. The van der Waals surface area contributed by atoms with Crippen LogP contribution in [0, 0.1) is 13.8 Å². The largest absolute Gasteiger partial charge is 0.540 e. The van der Waals surface area contributed by atoms with Gasteiger partial charge in [-0.3, -0.25) is 4.79 Å². The van der Waals surface area contributed by atoms with Gasteiger partial charge < -0.3 is 15.2 Å². The molecule has 14 heavy (non-hydrogen) atoms. The van der Waals surface area contributed by atoms with Crippen LogP contribution >= 0.6 is 0 Å². The fraction of sp³-hybridized carbons (Fsp3) is 0.200. The zero-order valence-electron chi connectivity index (χ0n) is 7.96. The molecule has 1 aromatic carbocycles. The van der Waals surface area contributed by atoms with Crippen LogP contribution in [-0.4, -0.2) is 11.9 Å². The molecular weight excluding hydrogens is 182 g/mol. The van der Waals surface area contributed by atoms with Crippen LogP contribution in [0.25, 0.3) is 0 Å². The van der Waals surface area contributed by atoms with Crippen LogP contribution in [-0.2, 0) is 9.59 Å². The Bertz CT molecular complexity index is 365. The summed E-state index contributed by atoms with van der Waals surface area (Å²) in [6.45, 7) is 3.58. The zero-order valence-corrected chi connectivity index (χ0v) is 7.96. The summed E-state index contributed by atoms with van der Waals surface area (Å²) in [5, 5.41) is 12.5. The van der Waals surface area contributed by atoms with Gasteiger partial charge in [0.2, 0.25) is 0 Å². The van der Waals surface area contributed by atoms with Crippen LogP contribution in [0.4, 0.5) is 5.69 Å². The number of aryl methyl sites for hydroxylation is 2. The Morgan fingerprint density at radius 2 is 1.71 bits per heavy atom. The van der Waals surface area contributed by atoms with Gasteiger partial charge >= 0.3 is 0 Å². The Morgan fingerprint density at radius 1 is 1.21 bits per heavy atom. The molecule has 0 spiro atoms. The third-order valence-electron chi connectivity index (χ3n) is 1.91. The van der Waals surface area contributed by atoms with Gasteiger partial charge in [-0.05, 0) is 25.0 Å². The molecule has 0 radical (unpaired) electrons. The van der Waals surface area contributed by atoms with Crippen molar-refractivity contribution in [2.75, 3.05) is 5.32 Å². The molecule has 0 aliphatic heterocycles. The fourth-order valence-electron chi connectivity index (χ4n) is 1.18. The molecule has 0 fully saturated rings. The maximum atomic E-state index is 10.8. The van der Waals surface area contributed by atoms with Crippen molar-refractivity contribution in [2.24, 2.45) is 0 Å². The predicted molar refractivity (Wildman–Crippen MR) is 49.6 cm³/mol. The first-order chi connectivity index (χ1) is 6.52. The standard InChI is InChI=1S/C10H11NO3/c1-6-4-3-5-7(2)8(6)11-9(12)10(13)14/h3-5H,1-2H3,(H,11,12)(H,13,14)/p-1. The van der Waals surface area contributed by atoms with E-state index >= 15 is 0 Å². The van der Waals surface area contributed by atoms with Crippen molar-refractivity contribution in [3.8, 4) is 0 Å².